The lowest BCUT2D eigenvalue weighted by Gasteiger charge is -2.27. The zero-order valence-electron chi connectivity index (χ0n) is 17.4. The zero-order valence-corrected chi connectivity index (χ0v) is 21.4. The Bertz CT molecular complexity index is 940. The van der Waals surface area contributed by atoms with Crippen LogP contribution in [0.5, 0.6) is 0 Å². The molecule has 0 unspecified atom stereocenters. The van der Waals surface area contributed by atoms with Crippen molar-refractivity contribution in [3.63, 3.8) is 0 Å². The summed E-state index contributed by atoms with van der Waals surface area (Å²) in [7, 11) is -1.76. The molecule has 0 saturated carbocycles. The van der Waals surface area contributed by atoms with Gasteiger partial charge in [0.25, 0.3) is 0 Å². The summed E-state index contributed by atoms with van der Waals surface area (Å²) in [5, 5.41) is 9.62. The normalized spacial score (nSPS) is 15.5. The molecule has 3 rings (SSSR count). The number of aromatic nitrogens is 1. The zero-order chi connectivity index (χ0) is 20.7. The molecular formula is C20H30IN5O2S2. The van der Waals surface area contributed by atoms with Crippen molar-refractivity contribution in [3.05, 3.63) is 45.9 Å². The third-order valence-corrected chi connectivity index (χ3v) is 7.74. The number of nitrogens with zero attached hydrogens (tertiary/aromatic N) is 3. The van der Waals surface area contributed by atoms with Gasteiger partial charge in [0.05, 0.1) is 15.6 Å². The minimum absolute atomic E-state index is 0. The number of halogens is 1. The maximum absolute atomic E-state index is 13.1. The largest absolute Gasteiger partial charge is 0.356 e. The SMILES string of the molecule is CN=C(NCCc1csc(C)n1)NCc1ccccc1S(=O)(=O)N1CCCCC1.I. The van der Waals surface area contributed by atoms with E-state index >= 15 is 0 Å². The van der Waals surface area contributed by atoms with E-state index in [0.717, 1.165) is 41.9 Å². The molecule has 1 aliphatic heterocycles. The van der Waals surface area contributed by atoms with Gasteiger partial charge in [-0.3, -0.25) is 4.99 Å². The standard InChI is InChI=1S/C20H29N5O2S2.HI/c1-16-24-18(15-28-16)10-11-22-20(21-2)23-14-17-8-4-5-9-19(17)29(26,27)25-12-6-3-7-13-25;/h4-5,8-9,15H,3,6-7,10-14H2,1-2H3,(H2,21,22,23);1H. The van der Waals surface area contributed by atoms with Gasteiger partial charge in [0, 0.05) is 45.0 Å². The topological polar surface area (TPSA) is 86.7 Å². The first-order chi connectivity index (χ1) is 14.0. The maximum Gasteiger partial charge on any atom is 0.243 e. The fraction of sp³-hybridized carbons (Fsp3) is 0.500. The van der Waals surface area contributed by atoms with E-state index in [0.29, 0.717) is 37.0 Å². The van der Waals surface area contributed by atoms with Crippen LogP contribution in [0.3, 0.4) is 0 Å². The number of aliphatic imine (C=N–C) groups is 1. The summed E-state index contributed by atoms with van der Waals surface area (Å²) in [4.78, 5) is 9.07. The van der Waals surface area contributed by atoms with Crippen LogP contribution >= 0.6 is 35.3 Å². The minimum Gasteiger partial charge on any atom is -0.356 e. The highest BCUT2D eigenvalue weighted by Gasteiger charge is 2.27. The van der Waals surface area contributed by atoms with Gasteiger partial charge in [-0.1, -0.05) is 24.6 Å². The highest BCUT2D eigenvalue weighted by atomic mass is 127. The second kappa shape index (κ2) is 12.0. The van der Waals surface area contributed by atoms with Crippen LogP contribution in [0.2, 0.25) is 0 Å². The molecule has 1 saturated heterocycles. The van der Waals surface area contributed by atoms with Crippen LogP contribution in [0, 0.1) is 6.92 Å². The summed E-state index contributed by atoms with van der Waals surface area (Å²) in [5.74, 6) is 0.641. The Morgan fingerprint density at radius 2 is 1.93 bits per heavy atom. The third kappa shape index (κ3) is 6.63. The van der Waals surface area contributed by atoms with Gasteiger partial charge in [0.15, 0.2) is 5.96 Å². The van der Waals surface area contributed by atoms with E-state index in [1.807, 2.05) is 19.1 Å². The van der Waals surface area contributed by atoms with Gasteiger partial charge in [0.2, 0.25) is 10.0 Å². The second-order valence-corrected chi connectivity index (χ2v) is 10.0. The summed E-state index contributed by atoms with van der Waals surface area (Å²) in [6.45, 7) is 4.29. The van der Waals surface area contributed by atoms with Crippen LogP contribution in [0.4, 0.5) is 0 Å². The second-order valence-electron chi connectivity index (χ2n) is 7.03. The first kappa shape index (κ1) is 25.0. The molecule has 0 spiro atoms. The summed E-state index contributed by atoms with van der Waals surface area (Å²) in [5.41, 5.74) is 1.81. The lowest BCUT2D eigenvalue weighted by Crippen LogP contribution is -2.39. The molecule has 1 aromatic carbocycles. The average molecular weight is 564 g/mol. The fourth-order valence-electron chi connectivity index (χ4n) is 3.38. The van der Waals surface area contributed by atoms with Gasteiger partial charge >= 0.3 is 0 Å². The number of nitrogens with one attached hydrogen (secondary N) is 2. The number of hydrogen-bond acceptors (Lipinski definition) is 5. The highest BCUT2D eigenvalue weighted by molar-refractivity contribution is 14.0. The van der Waals surface area contributed by atoms with Crippen molar-refractivity contribution in [2.75, 3.05) is 26.7 Å². The molecule has 1 fully saturated rings. The van der Waals surface area contributed by atoms with Gasteiger partial charge in [-0.2, -0.15) is 4.31 Å². The Hall–Kier alpha value is -1.24. The lowest BCUT2D eigenvalue weighted by atomic mass is 10.2. The molecule has 0 bridgehead atoms. The number of thiazole rings is 1. The molecule has 1 aliphatic rings. The summed E-state index contributed by atoms with van der Waals surface area (Å²) in [6, 6.07) is 7.20. The van der Waals surface area contributed by atoms with Crippen molar-refractivity contribution in [3.8, 4) is 0 Å². The average Bonchev–Trinajstić information content (AvgIpc) is 3.16. The van der Waals surface area contributed by atoms with Crippen molar-refractivity contribution < 1.29 is 8.42 Å². The molecule has 30 heavy (non-hydrogen) atoms. The Morgan fingerprint density at radius 3 is 2.60 bits per heavy atom. The van der Waals surface area contributed by atoms with Crippen LogP contribution < -0.4 is 10.6 Å². The molecule has 10 heteroatoms. The van der Waals surface area contributed by atoms with E-state index in [2.05, 4.69) is 26.0 Å². The van der Waals surface area contributed by atoms with Crippen LogP contribution in [-0.2, 0) is 23.0 Å². The Kier molecular flexibility index (Phi) is 9.98. The Balaban J connectivity index is 0.00000320. The lowest BCUT2D eigenvalue weighted by molar-refractivity contribution is 0.346. The van der Waals surface area contributed by atoms with Crippen molar-refractivity contribution >= 4 is 51.3 Å². The van der Waals surface area contributed by atoms with E-state index in [4.69, 9.17) is 0 Å². The number of guanidine groups is 1. The Labute approximate surface area is 200 Å². The number of rotatable bonds is 7. The molecule has 0 radical (unpaired) electrons. The van der Waals surface area contributed by atoms with Gasteiger partial charge in [0.1, 0.15) is 0 Å². The highest BCUT2D eigenvalue weighted by Crippen LogP contribution is 2.23. The number of hydrogen-bond donors (Lipinski definition) is 2. The van der Waals surface area contributed by atoms with E-state index in [-0.39, 0.29) is 24.0 Å². The molecule has 7 nitrogen and oxygen atoms in total. The van der Waals surface area contributed by atoms with Gasteiger partial charge in [-0.25, -0.2) is 13.4 Å². The fourth-order valence-corrected chi connectivity index (χ4v) is 5.76. The van der Waals surface area contributed by atoms with Crippen molar-refractivity contribution in [2.24, 2.45) is 4.99 Å². The number of benzene rings is 1. The number of piperidine rings is 1. The molecular weight excluding hydrogens is 533 g/mol. The van der Waals surface area contributed by atoms with Crippen LogP contribution in [-0.4, -0.2) is 50.3 Å². The predicted molar refractivity (Wildman–Crippen MR) is 133 cm³/mol. The van der Waals surface area contributed by atoms with Crippen molar-refractivity contribution in [1.29, 1.82) is 0 Å². The van der Waals surface area contributed by atoms with Crippen LogP contribution in [0.15, 0.2) is 39.5 Å². The molecule has 166 valence electrons. The molecule has 0 atom stereocenters. The van der Waals surface area contributed by atoms with Gasteiger partial charge < -0.3 is 10.6 Å². The van der Waals surface area contributed by atoms with Crippen molar-refractivity contribution in [1.82, 2.24) is 19.9 Å². The predicted octanol–water partition coefficient (Wildman–Crippen LogP) is 3.15. The van der Waals surface area contributed by atoms with E-state index in [9.17, 15) is 8.42 Å². The molecule has 1 aromatic heterocycles. The molecule has 2 N–H and O–H groups in total. The molecule has 2 aromatic rings. The van der Waals surface area contributed by atoms with Gasteiger partial charge in [-0.15, -0.1) is 35.3 Å². The monoisotopic (exact) mass is 563 g/mol. The van der Waals surface area contributed by atoms with E-state index in [1.54, 1.807) is 34.8 Å². The maximum atomic E-state index is 13.1. The molecule has 0 aliphatic carbocycles. The van der Waals surface area contributed by atoms with Crippen molar-refractivity contribution in [2.45, 2.75) is 44.0 Å². The molecule has 2 heterocycles. The number of aryl methyl sites for hydroxylation is 1. The smallest absolute Gasteiger partial charge is 0.243 e. The molecule has 0 amide bonds. The summed E-state index contributed by atoms with van der Waals surface area (Å²) >= 11 is 1.65. The van der Waals surface area contributed by atoms with E-state index in [1.165, 1.54) is 0 Å². The first-order valence-corrected chi connectivity index (χ1v) is 12.3. The first-order valence-electron chi connectivity index (χ1n) is 9.94. The van der Waals surface area contributed by atoms with Gasteiger partial charge in [-0.05, 0) is 31.4 Å². The quantitative estimate of drug-likeness (QED) is 0.307. The van der Waals surface area contributed by atoms with Crippen LogP contribution in [0.1, 0.15) is 35.5 Å². The summed E-state index contributed by atoms with van der Waals surface area (Å²) in [6.07, 6.45) is 3.76. The third-order valence-electron chi connectivity index (χ3n) is 4.92. The minimum atomic E-state index is -3.47. The van der Waals surface area contributed by atoms with Crippen LogP contribution in [0.25, 0.3) is 0 Å². The number of sulfonamides is 1. The summed E-state index contributed by atoms with van der Waals surface area (Å²) < 4.78 is 27.8. The van der Waals surface area contributed by atoms with E-state index < -0.39 is 10.0 Å². The Morgan fingerprint density at radius 1 is 1.20 bits per heavy atom.